The molecule has 1 aromatic heterocycles. The minimum atomic E-state index is -0.724. The van der Waals surface area contributed by atoms with Crippen LogP contribution in [0.15, 0.2) is 48.5 Å². The Morgan fingerprint density at radius 2 is 1.79 bits per heavy atom. The first-order valence-electron chi connectivity index (χ1n) is 9.97. The lowest BCUT2D eigenvalue weighted by atomic mass is 10.1. The summed E-state index contributed by atoms with van der Waals surface area (Å²) in [5.74, 6) is -1.30. The van der Waals surface area contributed by atoms with E-state index in [1.165, 1.54) is 31.4 Å². The molecular weight excluding hydrogens is 462 g/mol. The monoisotopic (exact) mass is 483 g/mol. The van der Waals surface area contributed by atoms with Crippen molar-refractivity contribution in [2.75, 3.05) is 24.4 Å². The first kappa shape index (κ1) is 24.4. The minimum Gasteiger partial charge on any atom is -0.483 e. The third-order valence-electron chi connectivity index (χ3n) is 4.76. The van der Waals surface area contributed by atoms with Gasteiger partial charge in [-0.3, -0.25) is 19.7 Å². The molecule has 176 valence electrons. The van der Waals surface area contributed by atoms with Gasteiger partial charge < -0.3 is 20.1 Å². The topological polar surface area (TPSA) is 137 Å². The molecule has 10 nitrogen and oxygen atoms in total. The molecular formula is C23H21N3O7S. The largest absolute Gasteiger partial charge is 0.483 e. The average molecular weight is 484 g/mol. The van der Waals surface area contributed by atoms with Crippen molar-refractivity contribution in [3.63, 3.8) is 0 Å². The molecule has 2 amide bonds. The summed E-state index contributed by atoms with van der Waals surface area (Å²) in [6.07, 6.45) is 0. The summed E-state index contributed by atoms with van der Waals surface area (Å²) in [6, 6.07) is 12.7. The second-order valence-electron chi connectivity index (χ2n) is 7.12. The van der Waals surface area contributed by atoms with Crippen LogP contribution in [0, 0.1) is 24.0 Å². The summed E-state index contributed by atoms with van der Waals surface area (Å²) in [6.45, 7) is 3.08. The molecule has 0 spiro atoms. The van der Waals surface area contributed by atoms with Gasteiger partial charge in [-0.25, -0.2) is 4.79 Å². The van der Waals surface area contributed by atoms with Crippen molar-refractivity contribution >= 4 is 45.5 Å². The highest BCUT2D eigenvalue weighted by molar-refractivity contribution is 7.19. The van der Waals surface area contributed by atoms with Gasteiger partial charge in [0.1, 0.15) is 10.8 Å². The van der Waals surface area contributed by atoms with Crippen molar-refractivity contribution in [3.05, 3.63) is 80.2 Å². The van der Waals surface area contributed by atoms with Crippen molar-refractivity contribution in [2.45, 2.75) is 13.8 Å². The van der Waals surface area contributed by atoms with Crippen molar-refractivity contribution in [2.24, 2.45) is 0 Å². The molecule has 0 saturated heterocycles. The van der Waals surface area contributed by atoms with E-state index in [-0.39, 0.29) is 33.4 Å². The van der Waals surface area contributed by atoms with Crippen LogP contribution in [-0.2, 0) is 9.53 Å². The molecule has 2 N–H and O–H groups in total. The minimum absolute atomic E-state index is 0.0425. The van der Waals surface area contributed by atoms with E-state index in [1.807, 2.05) is 19.1 Å². The zero-order chi connectivity index (χ0) is 24.8. The number of non-ortho nitro benzene ring substituents is 1. The zero-order valence-electron chi connectivity index (χ0n) is 18.5. The maximum absolute atomic E-state index is 12.9. The van der Waals surface area contributed by atoms with E-state index in [4.69, 9.17) is 9.47 Å². The fraction of sp³-hybridized carbons (Fsp3) is 0.174. The molecule has 0 atom stereocenters. The summed E-state index contributed by atoms with van der Waals surface area (Å²) in [7, 11) is 1.19. The standard InChI is InChI=1S/C23H21N3O7S/c1-13-7-4-5-10-17(13)33-12-18(27)25-22-19(23(29)32-3)14(2)20(34-22)21(28)24-15-8-6-9-16(11-15)26(30)31/h4-11H,12H2,1-3H3,(H,24,28)(H,25,27). The van der Waals surface area contributed by atoms with Gasteiger partial charge in [0.05, 0.1) is 22.5 Å². The van der Waals surface area contributed by atoms with E-state index in [2.05, 4.69) is 10.6 Å². The lowest BCUT2D eigenvalue weighted by Crippen LogP contribution is -2.21. The molecule has 0 aliphatic heterocycles. The Morgan fingerprint density at radius 1 is 1.06 bits per heavy atom. The van der Waals surface area contributed by atoms with Crippen LogP contribution >= 0.6 is 11.3 Å². The third kappa shape index (κ3) is 5.56. The number of nitrogens with one attached hydrogen (secondary N) is 2. The summed E-state index contributed by atoms with van der Waals surface area (Å²) < 4.78 is 10.3. The maximum Gasteiger partial charge on any atom is 0.341 e. The van der Waals surface area contributed by atoms with Gasteiger partial charge in [0, 0.05) is 17.8 Å². The fourth-order valence-electron chi connectivity index (χ4n) is 3.08. The SMILES string of the molecule is COC(=O)c1c(NC(=O)COc2ccccc2C)sc(C(=O)Nc2cccc([N+](=O)[O-])c2)c1C. The number of para-hydroxylation sites is 1. The van der Waals surface area contributed by atoms with Gasteiger partial charge in [-0.05, 0) is 37.1 Å². The number of anilines is 2. The lowest BCUT2D eigenvalue weighted by molar-refractivity contribution is -0.384. The number of hydrogen-bond donors (Lipinski definition) is 2. The summed E-state index contributed by atoms with van der Waals surface area (Å²) in [4.78, 5) is 48.3. The molecule has 0 unspecified atom stereocenters. The van der Waals surface area contributed by atoms with Gasteiger partial charge in [-0.2, -0.15) is 0 Å². The maximum atomic E-state index is 12.9. The number of methoxy groups -OCH3 is 1. The van der Waals surface area contributed by atoms with Gasteiger partial charge in [0.25, 0.3) is 17.5 Å². The van der Waals surface area contributed by atoms with Crippen LogP contribution in [0.4, 0.5) is 16.4 Å². The van der Waals surface area contributed by atoms with Crippen LogP contribution in [0.3, 0.4) is 0 Å². The number of hydrogen-bond acceptors (Lipinski definition) is 8. The highest BCUT2D eigenvalue weighted by Crippen LogP contribution is 2.34. The number of nitro benzene ring substituents is 1. The highest BCUT2D eigenvalue weighted by atomic mass is 32.1. The molecule has 11 heteroatoms. The van der Waals surface area contributed by atoms with Crippen LogP contribution < -0.4 is 15.4 Å². The van der Waals surface area contributed by atoms with E-state index in [0.29, 0.717) is 11.3 Å². The van der Waals surface area contributed by atoms with Gasteiger partial charge in [0.15, 0.2) is 6.61 Å². The van der Waals surface area contributed by atoms with Crippen LogP contribution in [0.25, 0.3) is 0 Å². The molecule has 0 bridgehead atoms. The van der Waals surface area contributed by atoms with Crippen molar-refractivity contribution in [3.8, 4) is 5.75 Å². The van der Waals surface area contributed by atoms with Gasteiger partial charge in [-0.15, -0.1) is 11.3 Å². The number of amides is 2. The number of esters is 1. The third-order valence-corrected chi connectivity index (χ3v) is 5.97. The molecule has 34 heavy (non-hydrogen) atoms. The molecule has 1 heterocycles. The highest BCUT2D eigenvalue weighted by Gasteiger charge is 2.26. The number of aryl methyl sites for hydroxylation is 1. The molecule has 3 aromatic rings. The van der Waals surface area contributed by atoms with Crippen LogP contribution in [-0.4, -0.2) is 36.4 Å². The van der Waals surface area contributed by atoms with Gasteiger partial charge in [0.2, 0.25) is 0 Å². The van der Waals surface area contributed by atoms with Gasteiger partial charge in [-0.1, -0.05) is 24.3 Å². The fourth-order valence-corrected chi connectivity index (χ4v) is 4.18. The van der Waals surface area contributed by atoms with E-state index in [9.17, 15) is 24.5 Å². The molecule has 3 rings (SSSR count). The predicted molar refractivity (Wildman–Crippen MR) is 127 cm³/mol. The zero-order valence-corrected chi connectivity index (χ0v) is 19.4. The molecule has 2 aromatic carbocycles. The Bertz CT molecular complexity index is 1270. The number of thiophene rings is 1. The summed E-state index contributed by atoms with van der Waals surface area (Å²) >= 11 is 0.887. The van der Waals surface area contributed by atoms with E-state index in [0.717, 1.165) is 16.9 Å². The van der Waals surface area contributed by atoms with E-state index < -0.39 is 22.7 Å². The molecule has 0 aliphatic carbocycles. The lowest BCUT2D eigenvalue weighted by Gasteiger charge is -2.09. The van der Waals surface area contributed by atoms with E-state index >= 15 is 0 Å². The average Bonchev–Trinajstić information content (AvgIpc) is 3.13. The Balaban J connectivity index is 1.81. The number of benzene rings is 2. The number of carbonyl (C=O) groups is 3. The van der Waals surface area contributed by atoms with Gasteiger partial charge >= 0.3 is 5.97 Å². The molecule has 0 fully saturated rings. The number of nitro groups is 1. The van der Waals surface area contributed by atoms with Crippen LogP contribution in [0.1, 0.15) is 31.2 Å². The smallest absolute Gasteiger partial charge is 0.341 e. The first-order chi connectivity index (χ1) is 16.2. The van der Waals surface area contributed by atoms with Crippen LogP contribution in [0.5, 0.6) is 5.75 Å². The second kappa shape index (κ2) is 10.6. The number of carbonyl (C=O) groups excluding carboxylic acids is 3. The summed E-state index contributed by atoms with van der Waals surface area (Å²) in [5.41, 5.74) is 1.23. The number of nitrogens with zero attached hydrogens (tertiary/aromatic N) is 1. The first-order valence-corrected chi connectivity index (χ1v) is 10.8. The molecule has 0 radical (unpaired) electrons. The van der Waals surface area contributed by atoms with Crippen molar-refractivity contribution < 1.29 is 28.8 Å². The van der Waals surface area contributed by atoms with Crippen LogP contribution in [0.2, 0.25) is 0 Å². The molecule has 0 aliphatic rings. The number of ether oxygens (including phenoxy) is 2. The number of rotatable bonds is 8. The quantitative estimate of drug-likeness (QED) is 0.276. The Kier molecular flexibility index (Phi) is 7.59. The predicted octanol–water partition coefficient (Wildman–Crippen LogP) is 4.33. The Hall–Kier alpha value is -4.25. The summed E-state index contributed by atoms with van der Waals surface area (Å²) in [5, 5.41) is 16.3. The molecule has 0 saturated carbocycles. The van der Waals surface area contributed by atoms with Crippen molar-refractivity contribution in [1.29, 1.82) is 0 Å². The Labute approximate surface area is 198 Å². The Morgan fingerprint density at radius 3 is 2.47 bits per heavy atom. The van der Waals surface area contributed by atoms with Crippen molar-refractivity contribution in [1.82, 2.24) is 0 Å². The van der Waals surface area contributed by atoms with E-state index in [1.54, 1.807) is 19.1 Å². The second-order valence-corrected chi connectivity index (χ2v) is 8.14. The normalized spacial score (nSPS) is 10.3.